The minimum atomic E-state index is 0.0895. The van der Waals surface area contributed by atoms with E-state index in [0.29, 0.717) is 38.4 Å². The highest BCUT2D eigenvalue weighted by Crippen LogP contribution is 2.36. The number of hydrogen-bond acceptors (Lipinski definition) is 5. The smallest absolute Gasteiger partial charge is 0.262 e. The zero-order valence-corrected chi connectivity index (χ0v) is 19.0. The average molecular weight is 443 g/mol. The number of carbonyl (C=O) groups excluding carboxylic acids is 2. The molecule has 7 nitrogen and oxygen atoms in total. The van der Waals surface area contributed by atoms with Crippen LogP contribution >= 0.6 is 11.3 Å². The molecule has 3 aliphatic rings. The molecule has 31 heavy (non-hydrogen) atoms. The van der Waals surface area contributed by atoms with Crippen molar-refractivity contribution in [2.45, 2.75) is 64.3 Å². The summed E-state index contributed by atoms with van der Waals surface area (Å²) >= 11 is 1.69. The summed E-state index contributed by atoms with van der Waals surface area (Å²) in [6, 6.07) is 0.0895. The molecule has 0 saturated carbocycles. The maximum absolute atomic E-state index is 13.3. The molecule has 2 aromatic heterocycles. The lowest BCUT2D eigenvalue weighted by molar-refractivity contribution is -0.134. The van der Waals surface area contributed by atoms with Gasteiger partial charge in [-0.1, -0.05) is 6.92 Å². The molecule has 2 amide bonds. The molecule has 1 aliphatic carbocycles. The molecular formula is C23H30N4O3S. The molecule has 2 aromatic rings. The van der Waals surface area contributed by atoms with Gasteiger partial charge in [-0.25, -0.2) is 4.98 Å². The first-order valence-electron chi connectivity index (χ1n) is 11.6. The lowest BCUT2D eigenvalue weighted by atomic mass is 9.89. The summed E-state index contributed by atoms with van der Waals surface area (Å²) < 4.78 is 1.82. The number of piperidine rings is 1. The van der Waals surface area contributed by atoms with Crippen molar-refractivity contribution in [3.63, 3.8) is 0 Å². The number of likely N-dealkylation sites (tertiary alicyclic amines) is 2. The maximum Gasteiger partial charge on any atom is 0.262 e. The average Bonchev–Trinajstić information content (AvgIpc) is 3.35. The quantitative estimate of drug-likeness (QED) is 0.730. The monoisotopic (exact) mass is 442 g/mol. The van der Waals surface area contributed by atoms with E-state index in [4.69, 9.17) is 0 Å². The second-order valence-corrected chi connectivity index (χ2v) is 10.4. The lowest BCUT2D eigenvalue weighted by Gasteiger charge is -2.33. The van der Waals surface area contributed by atoms with Crippen LogP contribution < -0.4 is 5.56 Å². The molecule has 0 unspecified atom stereocenters. The fourth-order valence-electron chi connectivity index (χ4n) is 5.33. The first-order chi connectivity index (χ1) is 15.0. The topological polar surface area (TPSA) is 75.5 Å². The first kappa shape index (κ1) is 20.7. The van der Waals surface area contributed by atoms with Crippen LogP contribution in [0.1, 0.15) is 61.9 Å². The number of hydrogen-bond donors (Lipinski definition) is 0. The van der Waals surface area contributed by atoms with Gasteiger partial charge in [-0.2, -0.15) is 0 Å². The predicted octanol–water partition coefficient (Wildman–Crippen LogP) is 2.76. The van der Waals surface area contributed by atoms with Gasteiger partial charge in [0, 0.05) is 49.9 Å². The second-order valence-electron chi connectivity index (χ2n) is 9.34. The maximum atomic E-state index is 13.3. The minimum absolute atomic E-state index is 0.0895. The molecule has 8 heteroatoms. The molecule has 1 atom stereocenters. The summed E-state index contributed by atoms with van der Waals surface area (Å²) in [5.41, 5.74) is 1.32. The van der Waals surface area contributed by atoms with Crippen molar-refractivity contribution >= 4 is 33.4 Å². The lowest BCUT2D eigenvalue weighted by Crippen LogP contribution is -2.42. The summed E-state index contributed by atoms with van der Waals surface area (Å²) in [5, 5.41) is 0.836. The third-order valence-corrected chi connectivity index (χ3v) is 8.38. The van der Waals surface area contributed by atoms with Crippen molar-refractivity contribution in [1.82, 2.24) is 19.4 Å². The second kappa shape index (κ2) is 8.37. The third kappa shape index (κ3) is 3.90. The standard InChI is InChI=1S/C23H30N4O3S/c1-15-4-5-17-18(13-15)31-22-21(17)23(30)27(14-24-22)16-6-10-26(11-7-16)20(29)8-12-25-9-2-3-19(25)28/h14-16H,2-13H2,1H3/t15-/m0/s1. The van der Waals surface area contributed by atoms with E-state index >= 15 is 0 Å². The Bertz CT molecular complexity index is 1070. The van der Waals surface area contributed by atoms with Crippen molar-refractivity contribution in [2.75, 3.05) is 26.2 Å². The van der Waals surface area contributed by atoms with Crippen molar-refractivity contribution in [2.24, 2.45) is 5.92 Å². The SMILES string of the molecule is C[C@H]1CCc2c(sc3ncn(C4CCN(C(=O)CCN5CCCC5=O)CC4)c(=O)c23)C1. The Morgan fingerprint density at radius 1 is 1.16 bits per heavy atom. The van der Waals surface area contributed by atoms with Crippen LogP contribution in [-0.2, 0) is 22.4 Å². The number of carbonyl (C=O) groups is 2. The van der Waals surface area contributed by atoms with Gasteiger partial charge in [-0.3, -0.25) is 19.0 Å². The molecule has 2 fully saturated rings. The fourth-order valence-corrected chi connectivity index (χ4v) is 6.67. The van der Waals surface area contributed by atoms with E-state index in [0.717, 1.165) is 55.3 Å². The van der Waals surface area contributed by atoms with Crippen LogP contribution in [-0.4, -0.2) is 57.3 Å². The molecule has 0 bridgehead atoms. The Hall–Kier alpha value is -2.22. The van der Waals surface area contributed by atoms with Crippen LogP contribution in [0.3, 0.4) is 0 Å². The Balaban J connectivity index is 1.25. The van der Waals surface area contributed by atoms with Gasteiger partial charge in [-0.05, 0) is 50.0 Å². The highest BCUT2D eigenvalue weighted by Gasteiger charge is 2.28. The number of rotatable bonds is 4. The summed E-state index contributed by atoms with van der Waals surface area (Å²) in [5.74, 6) is 0.951. The number of aromatic nitrogens is 2. The number of nitrogens with zero attached hydrogens (tertiary/aromatic N) is 4. The summed E-state index contributed by atoms with van der Waals surface area (Å²) in [6.07, 6.45) is 8.33. The molecular weight excluding hydrogens is 412 g/mol. The zero-order chi connectivity index (χ0) is 21.5. The Labute approximate surface area is 186 Å². The Kier molecular flexibility index (Phi) is 5.58. The van der Waals surface area contributed by atoms with Crippen LogP contribution in [0.2, 0.25) is 0 Å². The van der Waals surface area contributed by atoms with E-state index in [2.05, 4.69) is 11.9 Å². The molecule has 0 radical (unpaired) electrons. The molecule has 0 N–H and O–H groups in total. The molecule has 0 spiro atoms. The summed E-state index contributed by atoms with van der Waals surface area (Å²) in [4.78, 5) is 48.2. The summed E-state index contributed by atoms with van der Waals surface area (Å²) in [6.45, 7) is 4.89. The number of aryl methyl sites for hydroxylation is 1. The van der Waals surface area contributed by atoms with Crippen LogP contribution in [0.15, 0.2) is 11.1 Å². The van der Waals surface area contributed by atoms with Crippen LogP contribution in [0.4, 0.5) is 0 Å². The van der Waals surface area contributed by atoms with Crippen LogP contribution in [0.5, 0.6) is 0 Å². The van der Waals surface area contributed by atoms with E-state index in [-0.39, 0.29) is 23.4 Å². The zero-order valence-electron chi connectivity index (χ0n) is 18.1. The van der Waals surface area contributed by atoms with Gasteiger partial charge >= 0.3 is 0 Å². The van der Waals surface area contributed by atoms with Crippen molar-refractivity contribution < 1.29 is 9.59 Å². The van der Waals surface area contributed by atoms with Gasteiger partial charge in [0.2, 0.25) is 11.8 Å². The van der Waals surface area contributed by atoms with E-state index in [1.54, 1.807) is 22.6 Å². The molecule has 4 heterocycles. The van der Waals surface area contributed by atoms with Gasteiger partial charge < -0.3 is 9.80 Å². The van der Waals surface area contributed by atoms with E-state index in [1.165, 1.54) is 10.4 Å². The van der Waals surface area contributed by atoms with Crippen molar-refractivity contribution in [3.8, 4) is 0 Å². The number of thiophene rings is 1. The minimum Gasteiger partial charge on any atom is -0.342 e. The van der Waals surface area contributed by atoms with E-state index < -0.39 is 0 Å². The normalized spacial score (nSPS) is 22.4. The van der Waals surface area contributed by atoms with Gasteiger partial charge in [0.15, 0.2) is 0 Å². The van der Waals surface area contributed by atoms with Gasteiger partial charge in [0.05, 0.1) is 11.7 Å². The molecule has 0 aromatic carbocycles. The molecule has 2 saturated heterocycles. The highest BCUT2D eigenvalue weighted by atomic mass is 32.1. The van der Waals surface area contributed by atoms with Gasteiger partial charge in [-0.15, -0.1) is 11.3 Å². The Morgan fingerprint density at radius 3 is 2.71 bits per heavy atom. The largest absolute Gasteiger partial charge is 0.342 e. The molecule has 166 valence electrons. The van der Waals surface area contributed by atoms with Crippen molar-refractivity contribution in [3.05, 3.63) is 27.1 Å². The van der Waals surface area contributed by atoms with Gasteiger partial charge in [0.1, 0.15) is 4.83 Å². The highest BCUT2D eigenvalue weighted by molar-refractivity contribution is 7.18. The molecule has 5 rings (SSSR count). The van der Waals surface area contributed by atoms with E-state index in [1.807, 2.05) is 9.47 Å². The molecule has 2 aliphatic heterocycles. The fraction of sp³-hybridized carbons (Fsp3) is 0.652. The first-order valence-corrected chi connectivity index (χ1v) is 12.4. The van der Waals surface area contributed by atoms with Crippen molar-refractivity contribution in [1.29, 1.82) is 0 Å². The number of fused-ring (bicyclic) bond motifs is 3. The predicted molar refractivity (Wildman–Crippen MR) is 120 cm³/mol. The summed E-state index contributed by atoms with van der Waals surface area (Å²) in [7, 11) is 0. The van der Waals surface area contributed by atoms with Crippen LogP contribution in [0, 0.1) is 5.92 Å². The number of amides is 2. The van der Waals surface area contributed by atoms with Crippen LogP contribution in [0.25, 0.3) is 10.2 Å². The Morgan fingerprint density at radius 2 is 1.97 bits per heavy atom. The van der Waals surface area contributed by atoms with E-state index in [9.17, 15) is 14.4 Å². The van der Waals surface area contributed by atoms with Gasteiger partial charge in [0.25, 0.3) is 5.56 Å². The third-order valence-electron chi connectivity index (χ3n) is 7.22.